The van der Waals surface area contributed by atoms with Crippen molar-refractivity contribution in [2.45, 2.75) is 32.6 Å². The van der Waals surface area contributed by atoms with Gasteiger partial charge in [-0.2, -0.15) is 4.31 Å². The number of ether oxygens (including phenoxy) is 3. The Labute approximate surface area is 201 Å². The summed E-state index contributed by atoms with van der Waals surface area (Å²) in [5.41, 5.74) is 1.50. The molecule has 0 saturated carbocycles. The number of aryl methyl sites for hydroxylation is 1. The van der Waals surface area contributed by atoms with Crippen molar-refractivity contribution in [2.24, 2.45) is 0 Å². The van der Waals surface area contributed by atoms with Crippen LogP contribution in [0, 0.1) is 6.92 Å². The minimum atomic E-state index is -3.59. The van der Waals surface area contributed by atoms with Crippen LogP contribution < -0.4 is 19.5 Å². The van der Waals surface area contributed by atoms with E-state index >= 15 is 0 Å². The Morgan fingerprint density at radius 3 is 1.91 bits per heavy atom. The molecule has 34 heavy (non-hydrogen) atoms. The molecule has 186 valence electrons. The normalized spacial score (nSPS) is 14.5. The van der Waals surface area contributed by atoms with Gasteiger partial charge in [0.15, 0.2) is 11.5 Å². The van der Waals surface area contributed by atoms with Crippen LogP contribution >= 0.6 is 0 Å². The number of nitrogens with one attached hydrogen (secondary N) is 1. The van der Waals surface area contributed by atoms with Gasteiger partial charge in [-0.05, 0) is 39.8 Å². The molecule has 10 heteroatoms. The maximum absolute atomic E-state index is 12.9. The van der Waals surface area contributed by atoms with Gasteiger partial charge in [0.1, 0.15) is 0 Å². The lowest BCUT2D eigenvalue weighted by Crippen LogP contribution is -2.51. The molecule has 3 rings (SSSR count). The Morgan fingerprint density at radius 1 is 0.882 bits per heavy atom. The third kappa shape index (κ3) is 5.92. The molecule has 0 aliphatic carbocycles. The Morgan fingerprint density at radius 2 is 1.41 bits per heavy atom. The summed E-state index contributed by atoms with van der Waals surface area (Å²) in [6, 6.07) is 9.87. The second-order valence-electron chi connectivity index (χ2n) is 7.74. The highest BCUT2D eigenvalue weighted by Crippen LogP contribution is 2.41. The van der Waals surface area contributed by atoms with E-state index in [2.05, 4.69) is 5.32 Å². The number of anilines is 1. The van der Waals surface area contributed by atoms with Crippen molar-refractivity contribution >= 4 is 21.7 Å². The highest BCUT2D eigenvalue weighted by Gasteiger charge is 2.30. The van der Waals surface area contributed by atoms with Crippen molar-refractivity contribution in [3.8, 4) is 17.2 Å². The quantitative estimate of drug-likeness (QED) is 0.574. The maximum Gasteiger partial charge on any atom is 0.321 e. The third-order valence-electron chi connectivity index (χ3n) is 5.35. The van der Waals surface area contributed by atoms with Gasteiger partial charge in [0.2, 0.25) is 15.8 Å². The van der Waals surface area contributed by atoms with Crippen LogP contribution in [0.15, 0.2) is 41.3 Å². The van der Waals surface area contributed by atoms with Crippen LogP contribution in [0.25, 0.3) is 0 Å². The monoisotopic (exact) mass is 491 g/mol. The van der Waals surface area contributed by atoms with Gasteiger partial charge in [0, 0.05) is 38.3 Å². The van der Waals surface area contributed by atoms with Gasteiger partial charge in [0.05, 0.1) is 30.4 Å². The number of piperazine rings is 1. The fourth-order valence-electron chi connectivity index (χ4n) is 3.65. The molecule has 1 N–H and O–H groups in total. The summed E-state index contributed by atoms with van der Waals surface area (Å²) >= 11 is 0. The number of urea groups is 1. The summed E-state index contributed by atoms with van der Waals surface area (Å²) < 4.78 is 44.4. The zero-order valence-corrected chi connectivity index (χ0v) is 21.0. The minimum absolute atomic E-state index is 0.224. The molecule has 1 saturated heterocycles. The number of rotatable bonds is 9. The zero-order valence-electron chi connectivity index (χ0n) is 20.2. The summed E-state index contributed by atoms with van der Waals surface area (Å²) in [6.45, 7) is 9.84. The van der Waals surface area contributed by atoms with Crippen molar-refractivity contribution in [1.82, 2.24) is 9.21 Å². The molecule has 1 aliphatic heterocycles. The van der Waals surface area contributed by atoms with Gasteiger partial charge in [-0.3, -0.25) is 0 Å². The molecule has 0 spiro atoms. The van der Waals surface area contributed by atoms with E-state index in [1.165, 1.54) is 4.31 Å². The lowest BCUT2D eigenvalue weighted by Gasteiger charge is -2.34. The molecule has 0 radical (unpaired) electrons. The van der Waals surface area contributed by atoms with E-state index < -0.39 is 10.0 Å². The molecule has 2 aromatic rings. The van der Waals surface area contributed by atoms with Crippen molar-refractivity contribution in [2.75, 3.05) is 51.3 Å². The highest BCUT2D eigenvalue weighted by atomic mass is 32.2. The first-order valence-electron chi connectivity index (χ1n) is 11.5. The maximum atomic E-state index is 12.9. The van der Waals surface area contributed by atoms with Crippen molar-refractivity contribution in [3.05, 3.63) is 42.0 Å². The number of sulfonamides is 1. The second-order valence-corrected chi connectivity index (χ2v) is 9.67. The second kappa shape index (κ2) is 11.4. The Kier molecular flexibility index (Phi) is 8.62. The van der Waals surface area contributed by atoms with Crippen LogP contribution in [0.3, 0.4) is 0 Å². The number of hydrogen-bond acceptors (Lipinski definition) is 6. The molecule has 2 aromatic carbocycles. The first-order valence-corrected chi connectivity index (χ1v) is 12.9. The van der Waals surface area contributed by atoms with Crippen LogP contribution in [0.1, 0.15) is 26.3 Å². The van der Waals surface area contributed by atoms with E-state index in [1.54, 1.807) is 41.3 Å². The van der Waals surface area contributed by atoms with Crippen LogP contribution in [-0.2, 0) is 10.0 Å². The Hall–Kier alpha value is -2.98. The average molecular weight is 492 g/mol. The molecule has 1 fully saturated rings. The summed E-state index contributed by atoms with van der Waals surface area (Å²) in [5, 5.41) is 2.87. The number of benzene rings is 2. The standard InChI is InChI=1S/C24H33N3O6S/c1-5-31-21-16-19(17-22(32-6-2)23(21)33-7-3)25-24(28)26-12-14-27(15-13-26)34(29,30)20-10-8-18(4)9-11-20/h8-11,16-17H,5-7,12-15H2,1-4H3,(H,25,28). The van der Waals surface area contributed by atoms with Crippen LogP contribution in [0.2, 0.25) is 0 Å². The van der Waals surface area contributed by atoms with E-state index in [-0.39, 0.29) is 37.1 Å². The predicted octanol–water partition coefficient (Wildman–Crippen LogP) is 3.73. The summed E-state index contributed by atoms with van der Waals surface area (Å²) in [7, 11) is -3.59. The van der Waals surface area contributed by atoms with Gasteiger partial charge in [0.25, 0.3) is 0 Å². The lowest BCUT2D eigenvalue weighted by molar-refractivity contribution is 0.184. The van der Waals surface area contributed by atoms with E-state index in [0.29, 0.717) is 42.8 Å². The lowest BCUT2D eigenvalue weighted by atomic mass is 10.2. The van der Waals surface area contributed by atoms with Gasteiger partial charge in [-0.25, -0.2) is 13.2 Å². The van der Waals surface area contributed by atoms with Crippen molar-refractivity contribution < 1.29 is 27.4 Å². The van der Waals surface area contributed by atoms with Gasteiger partial charge < -0.3 is 24.4 Å². The van der Waals surface area contributed by atoms with E-state index in [4.69, 9.17) is 14.2 Å². The van der Waals surface area contributed by atoms with Gasteiger partial charge >= 0.3 is 6.03 Å². The van der Waals surface area contributed by atoms with Crippen molar-refractivity contribution in [3.63, 3.8) is 0 Å². The first-order chi connectivity index (χ1) is 16.3. The van der Waals surface area contributed by atoms with E-state index in [9.17, 15) is 13.2 Å². The molecule has 2 amide bonds. The number of amides is 2. The van der Waals surface area contributed by atoms with Gasteiger partial charge in [-0.1, -0.05) is 17.7 Å². The average Bonchev–Trinajstić information content (AvgIpc) is 2.82. The predicted molar refractivity (Wildman–Crippen MR) is 130 cm³/mol. The van der Waals surface area contributed by atoms with Crippen molar-refractivity contribution in [1.29, 1.82) is 0 Å². The number of carbonyl (C=O) groups excluding carboxylic acids is 1. The molecule has 9 nitrogen and oxygen atoms in total. The first kappa shape index (κ1) is 25.6. The molecule has 1 heterocycles. The van der Waals surface area contributed by atoms with Crippen LogP contribution in [0.5, 0.6) is 17.2 Å². The molecule has 0 aromatic heterocycles. The Bertz CT molecular complexity index is 1050. The molecule has 0 atom stereocenters. The minimum Gasteiger partial charge on any atom is -0.490 e. The van der Waals surface area contributed by atoms with E-state index in [1.807, 2.05) is 27.7 Å². The SMILES string of the molecule is CCOc1cc(NC(=O)N2CCN(S(=O)(=O)c3ccc(C)cc3)CC2)cc(OCC)c1OCC. The van der Waals surface area contributed by atoms with Gasteiger partial charge in [-0.15, -0.1) is 0 Å². The highest BCUT2D eigenvalue weighted by molar-refractivity contribution is 7.89. The summed E-state index contributed by atoms with van der Waals surface area (Å²) in [6.07, 6.45) is 0. The molecule has 0 bridgehead atoms. The summed E-state index contributed by atoms with van der Waals surface area (Å²) in [5.74, 6) is 1.47. The fraction of sp³-hybridized carbons (Fsp3) is 0.458. The smallest absolute Gasteiger partial charge is 0.321 e. The topological polar surface area (TPSA) is 97.4 Å². The number of hydrogen-bond donors (Lipinski definition) is 1. The number of carbonyl (C=O) groups is 1. The fourth-order valence-corrected chi connectivity index (χ4v) is 5.08. The largest absolute Gasteiger partial charge is 0.490 e. The zero-order chi connectivity index (χ0) is 24.7. The molecule has 1 aliphatic rings. The number of nitrogens with zero attached hydrogens (tertiary/aromatic N) is 2. The van der Waals surface area contributed by atoms with E-state index in [0.717, 1.165) is 5.56 Å². The van der Waals surface area contributed by atoms with Crippen LogP contribution in [0.4, 0.5) is 10.5 Å². The Balaban J connectivity index is 1.69. The molecule has 0 unspecified atom stereocenters. The molecular formula is C24H33N3O6S. The summed E-state index contributed by atoms with van der Waals surface area (Å²) in [4.78, 5) is 14.8. The third-order valence-corrected chi connectivity index (χ3v) is 7.26. The van der Waals surface area contributed by atoms with Crippen LogP contribution in [-0.4, -0.2) is 69.7 Å². The molecular weight excluding hydrogens is 458 g/mol.